The van der Waals surface area contributed by atoms with Gasteiger partial charge in [0.15, 0.2) is 0 Å². The quantitative estimate of drug-likeness (QED) is 0.681. The second-order valence-corrected chi connectivity index (χ2v) is 5.99. The van der Waals surface area contributed by atoms with Crippen molar-refractivity contribution in [2.45, 2.75) is 43.8 Å². The number of methoxy groups -OCH3 is 1. The van der Waals surface area contributed by atoms with Crippen LogP contribution in [0.4, 0.5) is 11.4 Å². The Morgan fingerprint density at radius 2 is 2.00 bits per heavy atom. The van der Waals surface area contributed by atoms with Gasteiger partial charge in [0, 0.05) is 37.3 Å². The zero-order chi connectivity index (χ0) is 15.0. The van der Waals surface area contributed by atoms with E-state index in [1.165, 1.54) is 18.9 Å². The number of nitrogens with one attached hydrogen (secondary N) is 1. The maximum Gasteiger partial charge on any atom is 0.292 e. The summed E-state index contributed by atoms with van der Waals surface area (Å²) in [5.41, 5.74) is 0.787. The zero-order valence-electron chi connectivity index (χ0n) is 12.4. The van der Waals surface area contributed by atoms with Crippen LogP contribution in [0.1, 0.15) is 25.7 Å². The monoisotopic (exact) mass is 291 g/mol. The van der Waals surface area contributed by atoms with Crippen molar-refractivity contribution in [3.8, 4) is 5.75 Å². The first-order valence-corrected chi connectivity index (χ1v) is 7.40. The molecule has 0 saturated carbocycles. The Balaban J connectivity index is 1.89. The number of nitro benzene ring substituents is 1. The molecule has 2 aliphatic rings. The predicted molar refractivity (Wildman–Crippen MR) is 81.0 cm³/mol. The second kappa shape index (κ2) is 5.52. The van der Waals surface area contributed by atoms with Crippen LogP contribution in [-0.2, 0) is 0 Å². The van der Waals surface area contributed by atoms with E-state index in [-0.39, 0.29) is 10.6 Å². The Morgan fingerprint density at radius 1 is 1.33 bits per heavy atom. The maximum atomic E-state index is 11.3. The van der Waals surface area contributed by atoms with Gasteiger partial charge in [-0.3, -0.25) is 10.1 Å². The number of nitrogens with zero attached hydrogens (tertiary/aromatic N) is 2. The number of nitro groups is 1. The van der Waals surface area contributed by atoms with E-state index in [1.807, 2.05) is 7.05 Å². The summed E-state index contributed by atoms with van der Waals surface area (Å²) in [6.45, 7) is 0. The number of fused-ring (bicyclic) bond motifs is 2. The molecule has 2 atom stereocenters. The summed E-state index contributed by atoms with van der Waals surface area (Å²) < 4.78 is 5.22. The number of piperidine rings is 1. The molecule has 1 aromatic carbocycles. The van der Waals surface area contributed by atoms with E-state index >= 15 is 0 Å². The van der Waals surface area contributed by atoms with Crippen LogP contribution in [0.25, 0.3) is 0 Å². The molecule has 21 heavy (non-hydrogen) atoms. The van der Waals surface area contributed by atoms with Crippen molar-refractivity contribution >= 4 is 11.4 Å². The molecule has 0 aliphatic carbocycles. The molecular formula is C15H21N3O3. The Hall–Kier alpha value is -1.82. The van der Waals surface area contributed by atoms with Crippen molar-refractivity contribution in [3.63, 3.8) is 0 Å². The van der Waals surface area contributed by atoms with Crippen LogP contribution in [-0.4, -0.2) is 37.2 Å². The van der Waals surface area contributed by atoms with Crippen molar-refractivity contribution in [1.82, 2.24) is 5.32 Å². The summed E-state index contributed by atoms with van der Waals surface area (Å²) in [7, 11) is 3.53. The lowest BCUT2D eigenvalue weighted by Crippen LogP contribution is -2.47. The Bertz CT molecular complexity index is 537. The highest BCUT2D eigenvalue weighted by Gasteiger charge is 2.36. The molecule has 2 heterocycles. The van der Waals surface area contributed by atoms with E-state index < -0.39 is 0 Å². The molecule has 114 valence electrons. The van der Waals surface area contributed by atoms with Crippen molar-refractivity contribution in [2.75, 3.05) is 19.1 Å². The molecule has 3 rings (SSSR count). The summed E-state index contributed by atoms with van der Waals surface area (Å²) in [4.78, 5) is 13.0. The first-order valence-electron chi connectivity index (χ1n) is 7.40. The van der Waals surface area contributed by atoms with Gasteiger partial charge in [-0.1, -0.05) is 0 Å². The van der Waals surface area contributed by atoms with Crippen LogP contribution in [0, 0.1) is 10.1 Å². The van der Waals surface area contributed by atoms with Gasteiger partial charge in [-0.15, -0.1) is 0 Å². The molecular weight excluding hydrogens is 270 g/mol. The smallest absolute Gasteiger partial charge is 0.292 e. The molecule has 1 aromatic rings. The third kappa shape index (κ3) is 2.68. The third-order valence-corrected chi connectivity index (χ3v) is 4.76. The number of anilines is 1. The SMILES string of the molecule is COc1ccc([N+](=O)[O-])c(N(C)C2CC3CCC(C2)N3)c1. The van der Waals surface area contributed by atoms with Crippen LogP contribution in [0.5, 0.6) is 5.75 Å². The molecule has 2 unspecified atom stereocenters. The van der Waals surface area contributed by atoms with Crippen molar-refractivity contribution in [1.29, 1.82) is 0 Å². The molecule has 0 amide bonds. The molecule has 2 bridgehead atoms. The summed E-state index contributed by atoms with van der Waals surface area (Å²) in [5.74, 6) is 0.652. The van der Waals surface area contributed by atoms with Gasteiger partial charge in [0.2, 0.25) is 0 Å². The van der Waals surface area contributed by atoms with Crippen LogP contribution < -0.4 is 15.0 Å². The predicted octanol–water partition coefficient (Wildman–Crippen LogP) is 2.32. The number of ether oxygens (including phenoxy) is 1. The number of benzene rings is 1. The fraction of sp³-hybridized carbons (Fsp3) is 0.600. The highest BCUT2D eigenvalue weighted by molar-refractivity contribution is 5.66. The van der Waals surface area contributed by atoms with E-state index in [4.69, 9.17) is 4.74 Å². The minimum atomic E-state index is -0.318. The van der Waals surface area contributed by atoms with E-state index in [0.717, 1.165) is 12.8 Å². The van der Waals surface area contributed by atoms with E-state index in [0.29, 0.717) is 29.6 Å². The van der Waals surface area contributed by atoms with Crippen LogP contribution in [0.3, 0.4) is 0 Å². The van der Waals surface area contributed by atoms with Crippen LogP contribution >= 0.6 is 0 Å². The minimum Gasteiger partial charge on any atom is -0.497 e. The topological polar surface area (TPSA) is 67.6 Å². The molecule has 0 aromatic heterocycles. The highest BCUT2D eigenvalue weighted by atomic mass is 16.6. The van der Waals surface area contributed by atoms with E-state index in [1.54, 1.807) is 19.2 Å². The van der Waals surface area contributed by atoms with Crippen molar-refractivity contribution in [3.05, 3.63) is 28.3 Å². The number of hydrogen-bond acceptors (Lipinski definition) is 5. The Kier molecular flexibility index (Phi) is 3.71. The van der Waals surface area contributed by atoms with Gasteiger partial charge < -0.3 is 15.0 Å². The Labute approximate surface area is 124 Å². The molecule has 0 radical (unpaired) electrons. The molecule has 6 heteroatoms. The van der Waals surface area contributed by atoms with Gasteiger partial charge in [0.25, 0.3) is 5.69 Å². The van der Waals surface area contributed by atoms with Gasteiger partial charge in [-0.2, -0.15) is 0 Å². The highest BCUT2D eigenvalue weighted by Crippen LogP contribution is 2.36. The largest absolute Gasteiger partial charge is 0.497 e. The van der Waals surface area contributed by atoms with Crippen LogP contribution in [0.15, 0.2) is 18.2 Å². The first-order chi connectivity index (χ1) is 10.1. The van der Waals surface area contributed by atoms with Crippen molar-refractivity contribution in [2.24, 2.45) is 0 Å². The summed E-state index contributed by atoms with van der Waals surface area (Å²) in [5, 5.41) is 14.9. The molecule has 0 spiro atoms. The zero-order valence-corrected chi connectivity index (χ0v) is 12.4. The average molecular weight is 291 g/mol. The average Bonchev–Trinajstić information content (AvgIpc) is 2.84. The lowest BCUT2D eigenvalue weighted by atomic mass is 9.98. The molecule has 1 N–H and O–H groups in total. The van der Waals surface area contributed by atoms with Gasteiger partial charge in [-0.05, 0) is 31.7 Å². The molecule has 2 saturated heterocycles. The first kappa shape index (κ1) is 14.1. The van der Waals surface area contributed by atoms with Gasteiger partial charge in [0.1, 0.15) is 11.4 Å². The molecule has 6 nitrogen and oxygen atoms in total. The number of hydrogen-bond donors (Lipinski definition) is 1. The molecule has 2 aliphatic heterocycles. The Morgan fingerprint density at radius 3 is 2.57 bits per heavy atom. The van der Waals surface area contributed by atoms with Gasteiger partial charge in [0.05, 0.1) is 12.0 Å². The van der Waals surface area contributed by atoms with Crippen molar-refractivity contribution < 1.29 is 9.66 Å². The summed E-state index contributed by atoms with van der Waals surface area (Å²) >= 11 is 0. The van der Waals surface area contributed by atoms with Gasteiger partial charge in [-0.25, -0.2) is 0 Å². The fourth-order valence-corrected chi connectivity index (χ4v) is 3.61. The van der Waals surface area contributed by atoms with E-state index in [9.17, 15) is 10.1 Å². The third-order valence-electron chi connectivity index (χ3n) is 4.76. The molecule has 2 fully saturated rings. The van der Waals surface area contributed by atoms with E-state index in [2.05, 4.69) is 10.2 Å². The minimum absolute atomic E-state index is 0.143. The fourth-order valence-electron chi connectivity index (χ4n) is 3.61. The van der Waals surface area contributed by atoms with Gasteiger partial charge >= 0.3 is 0 Å². The lowest BCUT2D eigenvalue weighted by molar-refractivity contribution is -0.384. The maximum absolute atomic E-state index is 11.3. The summed E-state index contributed by atoms with van der Waals surface area (Å²) in [6.07, 6.45) is 4.52. The standard InChI is InChI=1S/C15H21N3O3/c1-17(12-7-10-3-4-11(8-12)16-10)15-9-13(21-2)5-6-14(15)18(19)20/h5-6,9-12,16H,3-4,7-8H2,1-2H3. The lowest BCUT2D eigenvalue weighted by Gasteiger charge is -2.36. The second-order valence-electron chi connectivity index (χ2n) is 5.99. The van der Waals surface area contributed by atoms with Crippen LogP contribution in [0.2, 0.25) is 0 Å². The number of rotatable bonds is 4. The normalized spacial score (nSPS) is 27.4. The summed E-state index contributed by atoms with van der Waals surface area (Å²) in [6, 6.07) is 6.39.